The molecule has 0 bridgehead atoms. The number of hydrazine groups is 1. The van der Waals surface area contributed by atoms with Crippen molar-refractivity contribution >= 4 is 6.09 Å². The molecule has 7 heteroatoms. The molecule has 1 rings (SSSR count). The summed E-state index contributed by atoms with van der Waals surface area (Å²) in [5, 5.41) is 1.03. The number of rotatable bonds is 0. The van der Waals surface area contributed by atoms with Gasteiger partial charge in [0.2, 0.25) is 6.10 Å². The number of nitrogens with zero attached hydrogens (tertiary/aromatic N) is 1. The van der Waals surface area contributed by atoms with Crippen molar-refractivity contribution in [3.8, 4) is 0 Å². The quantitative estimate of drug-likeness (QED) is 0.596. The van der Waals surface area contributed by atoms with Gasteiger partial charge in [-0.15, -0.1) is 0 Å². The number of halogens is 3. The van der Waals surface area contributed by atoms with E-state index in [2.05, 4.69) is 10.2 Å². The van der Waals surface area contributed by atoms with Crippen molar-refractivity contribution in [1.82, 2.24) is 10.4 Å². The molecule has 1 N–H and O–H groups in total. The molecule has 0 saturated carbocycles. The molecule has 1 saturated heterocycles. The van der Waals surface area contributed by atoms with E-state index >= 15 is 0 Å². The highest BCUT2D eigenvalue weighted by Crippen LogP contribution is 2.24. The molecule has 0 aliphatic carbocycles. The van der Waals surface area contributed by atoms with E-state index in [0.717, 1.165) is 5.01 Å². The van der Waals surface area contributed by atoms with Crippen LogP contribution in [0.5, 0.6) is 0 Å². The molecule has 1 aliphatic rings. The van der Waals surface area contributed by atoms with Crippen LogP contribution in [0.25, 0.3) is 0 Å². The molecule has 0 spiro atoms. The average Bonchev–Trinajstić information content (AvgIpc) is 1.82. The predicted molar refractivity (Wildman–Crippen MR) is 32.1 cm³/mol. The number of likely N-dealkylation sites (N-methyl/N-ethyl adjacent to an activating group) is 1. The van der Waals surface area contributed by atoms with E-state index in [4.69, 9.17) is 0 Å². The molecule has 1 atom stereocenters. The summed E-state index contributed by atoms with van der Waals surface area (Å²) < 4.78 is 39.9. The molecular formula is C5H7F3N2O2. The van der Waals surface area contributed by atoms with Gasteiger partial charge in [0.1, 0.15) is 0 Å². The molecule has 1 amide bonds. The Kier molecular flexibility index (Phi) is 2.14. The molecule has 0 aromatic carbocycles. The summed E-state index contributed by atoms with van der Waals surface area (Å²) in [6, 6.07) is 0. The number of hydrogen-bond acceptors (Lipinski definition) is 3. The first kappa shape index (κ1) is 9.11. The normalized spacial score (nSPS) is 26.3. The Bertz CT molecular complexity index is 194. The second kappa shape index (κ2) is 2.81. The lowest BCUT2D eigenvalue weighted by Crippen LogP contribution is -2.55. The van der Waals surface area contributed by atoms with Crippen molar-refractivity contribution in [2.45, 2.75) is 12.3 Å². The summed E-state index contributed by atoms with van der Waals surface area (Å²) in [5.74, 6) is 0. The monoisotopic (exact) mass is 184 g/mol. The number of cyclic esters (lactones) is 1. The molecule has 0 aromatic heterocycles. The van der Waals surface area contributed by atoms with E-state index in [1.165, 1.54) is 7.05 Å². The van der Waals surface area contributed by atoms with Crippen LogP contribution >= 0.6 is 0 Å². The van der Waals surface area contributed by atoms with Crippen LogP contribution in [0.2, 0.25) is 0 Å². The third-order valence-electron chi connectivity index (χ3n) is 1.34. The first-order valence-corrected chi connectivity index (χ1v) is 3.14. The van der Waals surface area contributed by atoms with E-state index in [9.17, 15) is 18.0 Å². The first-order chi connectivity index (χ1) is 5.39. The molecule has 12 heavy (non-hydrogen) atoms. The van der Waals surface area contributed by atoms with E-state index in [0.29, 0.717) is 0 Å². The zero-order valence-electron chi connectivity index (χ0n) is 6.18. The largest absolute Gasteiger partial charge is 0.434 e. The van der Waals surface area contributed by atoms with E-state index in [-0.39, 0.29) is 0 Å². The maximum Gasteiger partial charge on any atom is 0.426 e. The van der Waals surface area contributed by atoms with E-state index in [1.54, 1.807) is 0 Å². The minimum atomic E-state index is -4.49. The van der Waals surface area contributed by atoms with Gasteiger partial charge >= 0.3 is 12.3 Å². The number of amides is 1. The summed E-state index contributed by atoms with van der Waals surface area (Å²) in [7, 11) is 1.33. The fraction of sp³-hybridized carbons (Fsp3) is 0.800. The Balaban J connectivity index is 2.62. The smallest absolute Gasteiger partial charge is 0.426 e. The van der Waals surface area contributed by atoms with Crippen LogP contribution in [-0.4, -0.2) is 37.0 Å². The SMILES string of the molecule is CN1CC(C(F)(F)F)OC(=O)N1. The molecule has 1 aliphatic heterocycles. The number of nitrogens with one attached hydrogen (secondary N) is 1. The molecule has 0 aromatic rings. The number of hydrogen-bond donors (Lipinski definition) is 1. The van der Waals surface area contributed by atoms with Crippen LogP contribution in [0.4, 0.5) is 18.0 Å². The van der Waals surface area contributed by atoms with Gasteiger partial charge in [-0.25, -0.2) is 9.80 Å². The van der Waals surface area contributed by atoms with Crippen molar-refractivity contribution in [3.05, 3.63) is 0 Å². The lowest BCUT2D eigenvalue weighted by molar-refractivity contribution is -0.217. The van der Waals surface area contributed by atoms with Gasteiger partial charge in [-0.05, 0) is 0 Å². The van der Waals surface area contributed by atoms with Gasteiger partial charge in [-0.1, -0.05) is 0 Å². The van der Waals surface area contributed by atoms with Gasteiger partial charge < -0.3 is 4.74 Å². The molecule has 1 fully saturated rings. The second-order valence-electron chi connectivity index (χ2n) is 2.43. The van der Waals surface area contributed by atoms with Crippen molar-refractivity contribution < 1.29 is 22.7 Å². The van der Waals surface area contributed by atoms with Crippen molar-refractivity contribution in [2.24, 2.45) is 0 Å². The molecular weight excluding hydrogens is 177 g/mol. The Morgan fingerprint density at radius 2 is 2.25 bits per heavy atom. The topological polar surface area (TPSA) is 41.6 Å². The highest BCUT2D eigenvalue weighted by atomic mass is 19.4. The highest BCUT2D eigenvalue weighted by Gasteiger charge is 2.45. The molecule has 70 valence electrons. The maximum absolute atomic E-state index is 12.0. The Labute approximate surface area is 66.2 Å². The minimum Gasteiger partial charge on any atom is -0.434 e. The van der Waals surface area contributed by atoms with Crippen molar-refractivity contribution in [2.75, 3.05) is 13.6 Å². The van der Waals surface area contributed by atoms with Crippen LogP contribution in [0.15, 0.2) is 0 Å². The van der Waals surface area contributed by atoms with Gasteiger partial charge in [0.15, 0.2) is 0 Å². The third kappa shape index (κ3) is 2.00. The third-order valence-corrected chi connectivity index (χ3v) is 1.34. The van der Waals surface area contributed by atoms with Gasteiger partial charge in [-0.3, -0.25) is 5.43 Å². The maximum atomic E-state index is 12.0. The highest BCUT2D eigenvalue weighted by molar-refractivity contribution is 5.67. The standard InChI is InChI=1S/C5H7F3N2O2/c1-10-2-3(5(6,7)8)12-4(11)9-10/h3H,2H2,1H3,(H,9,11). The van der Waals surface area contributed by atoms with Crippen LogP contribution in [0.1, 0.15) is 0 Å². The zero-order valence-corrected chi connectivity index (χ0v) is 6.18. The summed E-state index contributed by atoms with van der Waals surface area (Å²) in [5.41, 5.74) is 2.05. The van der Waals surface area contributed by atoms with Crippen LogP contribution in [0.3, 0.4) is 0 Å². The van der Waals surface area contributed by atoms with E-state index in [1.807, 2.05) is 0 Å². The number of alkyl halides is 3. The summed E-state index contributed by atoms with van der Waals surface area (Å²) in [6.07, 6.45) is -7.60. The van der Waals surface area contributed by atoms with Crippen LogP contribution in [-0.2, 0) is 4.74 Å². The molecule has 0 radical (unpaired) electrons. The van der Waals surface area contributed by atoms with Crippen molar-refractivity contribution in [3.63, 3.8) is 0 Å². The second-order valence-corrected chi connectivity index (χ2v) is 2.43. The number of carbonyl (C=O) groups excluding carboxylic acids is 1. The molecule has 4 nitrogen and oxygen atoms in total. The minimum absolute atomic E-state index is 0.394. The fourth-order valence-electron chi connectivity index (χ4n) is 0.813. The summed E-state index contributed by atoms with van der Waals surface area (Å²) in [6.45, 7) is -0.394. The van der Waals surface area contributed by atoms with Gasteiger partial charge in [-0.2, -0.15) is 13.2 Å². The summed E-state index contributed by atoms with van der Waals surface area (Å²) in [4.78, 5) is 10.5. The summed E-state index contributed by atoms with van der Waals surface area (Å²) >= 11 is 0. The van der Waals surface area contributed by atoms with Gasteiger partial charge in [0, 0.05) is 7.05 Å². The Morgan fingerprint density at radius 3 is 2.67 bits per heavy atom. The average molecular weight is 184 g/mol. The molecule has 1 heterocycles. The van der Waals surface area contributed by atoms with Gasteiger partial charge in [0.05, 0.1) is 6.54 Å². The Morgan fingerprint density at radius 1 is 1.67 bits per heavy atom. The van der Waals surface area contributed by atoms with Crippen molar-refractivity contribution in [1.29, 1.82) is 0 Å². The fourth-order valence-corrected chi connectivity index (χ4v) is 0.813. The van der Waals surface area contributed by atoms with Gasteiger partial charge in [0.25, 0.3) is 0 Å². The lowest BCUT2D eigenvalue weighted by Gasteiger charge is -2.30. The Hall–Kier alpha value is -0.980. The first-order valence-electron chi connectivity index (χ1n) is 3.14. The predicted octanol–water partition coefficient (Wildman–Crippen LogP) is 0.504. The van der Waals surface area contributed by atoms with Crippen LogP contribution < -0.4 is 5.43 Å². The molecule has 1 unspecified atom stereocenters. The lowest BCUT2D eigenvalue weighted by atomic mass is 10.3. The number of carbonyl (C=O) groups is 1. The zero-order chi connectivity index (χ0) is 9.35. The van der Waals surface area contributed by atoms with E-state index < -0.39 is 24.9 Å². The van der Waals surface area contributed by atoms with Crippen LogP contribution in [0, 0.1) is 0 Å². The number of ether oxygens (including phenoxy) is 1.